The summed E-state index contributed by atoms with van der Waals surface area (Å²) in [7, 11) is 0. The Hall–Kier alpha value is -0.870. The van der Waals surface area contributed by atoms with Gasteiger partial charge in [-0.3, -0.25) is 4.79 Å². The van der Waals surface area contributed by atoms with Crippen LogP contribution in [-0.4, -0.2) is 23.2 Å². The fourth-order valence-corrected chi connectivity index (χ4v) is 2.84. The van der Waals surface area contributed by atoms with Gasteiger partial charge in [0.1, 0.15) is 0 Å². The molecule has 0 saturated carbocycles. The Morgan fingerprint density at radius 3 is 2.44 bits per heavy atom. The van der Waals surface area contributed by atoms with E-state index in [1.807, 2.05) is 26.8 Å². The monoisotopic (exact) mass is 269 g/mol. The molecule has 18 heavy (non-hydrogen) atoms. The molecule has 0 bridgehead atoms. The molecule has 2 N–H and O–H groups in total. The van der Waals surface area contributed by atoms with Crippen molar-refractivity contribution in [2.45, 2.75) is 52.6 Å². The summed E-state index contributed by atoms with van der Waals surface area (Å²) in [5.41, 5.74) is 0.393. The average Bonchev–Trinajstić information content (AvgIpc) is 2.77. The van der Waals surface area contributed by atoms with E-state index in [1.165, 1.54) is 21.8 Å². The van der Waals surface area contributed by atoms with Gasteiger partial charge in [-0.05, 0) is 37.8 Å². The van der Waals surface area contributed by atoms with Crippen LogP contribution in [0.2, 0.25) is 0 Å². The van der Waals surface area contributed by atoms with Gasteiger partial charge < -0.3 is 10.4 Å². The van der Waals surface area contributed by atoms with Gasteiger partial charge in [0, 0.05) is 11.4 Å². The van der Waals surface area contributed by atoms with E-state index < -0.39 is 5.60 Å². The van der Waals surface area contributed by atoms with Crippen molar-refractivity contribution in [2.75, 3.05) is 6.54 Å². The maximum Gasteiger partial charge on any atom is 0.261 e. The van der Waals surface area contributed by atoms with Crippen molar-refractivity contribution in [2.24, 2.45) is 0 Å². The van der Waals surface area contributed by atoms with Crippen LogP contribution >= 0.6 is 11.3 Å². The van der Waals surface area contributed by atoms with Gasteiger partial charge in [-0.1, -0.05) is 20.8 Å². The van der Waals surface area contributed by atoms with Crippen LogP contribution in [0.25, 0.3) is 0 Å². The van der Waals surface area contributed by atoms with Crippen LogP contribution in [0.5, 0.6) is 0 Å². The van der Waals surface area contributed by atoms with E-state index in [-0.39, 0.29) is 5.91 Å². The first-order valence-electron chi connectivity index (χ1n) is 6.55. The first kappa shape index (κ1) is 15.2. The zero-order valence-electron chi connectivity index (χ0n) is 11.7. The lowest BCUT2D eigenvalue weighted by molar-refractivity contribution is 0.0314. The highest BCUT2D eigenvalue weighted by Crippen LogP contribution is 2.22. The summed E-state index contributed by atoms with van der Waals surface area (Å²) in [5, 5.41) is 12.9. The van der Waals surface area contributed by atoms with E-state index in [0.717, 1.165) is 11.3 Å². The van der Waals surface area contributed by atoms with Gasteiger partial charge in [0.05, 0.1) is 10.5 Å². The molecule has 0 atom stereocenters. The molecule has 3 nitrogen and oxygen atoms in total. The molecule has 0 aliphatic rings. The number of rotatable bonds is 6. The summed E-state index contributed by atoms with van der Waals surface area (Å²) < 4.78 is 0. The molecule has 0 aromatic carbocycles. The summed E-state index contributed by atoms with van der Waals surface area (Å²) >= 11 is 1.54. The number of aryl methyl sites for hydroxylation is 2. The molecule has 0 unspecified atom stereocenters. The number of aliphatic hydroxyl groups is 1. The van der Waals surface area contributed by atoms with E-state index in [2.05, 4.69) is 12.2 Å². The predicted octanol–water partition coefficient (Wildman–Crippen LogP) is 2.90. The second-order valence-electron chi connectivity index (χ2n) is 4.68. The normalized spacial score (nSPS) is 11.6. The minimum Gasteiger partial charge on any atom is -0.388 e. The molecular formula is C14H23NO2S. The fraction of sp³-hybridized carbons (Fsp3) is 0.643. The summed E-state index contributed by atoms with van der Waals surface area (Å²) in [4.78, 5) is 14.0. The first-order valence-corrected chi connectivity index (χ1v) is 7.37. The summed E-state index contributed by atoms with van der Waals surface area (Å²) in [6, 6.07) is 1.93. The third-order valence-corrected chi connectivity index (χ3v) is 4.84. The second-order valence-corrected chi connectivity index (χ2v) is 5.82. The van der Waals surface area contributed by atoms with E-state index in [9.17, 15) is 9.90 Å². The van der Waals surface area contributed by atoms with E-state index >= 15 is 0 Å². The third kappa shape index (κ3) is 3.56. The third-order valence-electron chi connectivity index (χ3n) is 3.46. The number of carbonyl (C=O) groups excluding carboxylic acids is 1. The van der Waals surface area contributed by atoms with Crippen molar-refractivity contribution in [3.63, 3.8) is 0 Å². The van der Waals surface area contributed by atoms with Crippen LogP contribution in [0.4, 0.5) is 0 Å². The quantitative estimate of drug-likeness (QED) is 0.834. The standard InChI is InChI=1S/C14H23NO2S/c1-5-11-10(4)8-12(18-11)13(16)15-9-14(17,6-2)7-3/h8,17H,5-7,9H2,1-4H3,(H,15,16). The summed E-state index contributed by atoms with van der Waals surface area (Å²) in [6.45, 7) is 8.30. The fourth-order valence-electron chi connectivity index (χ4n) is 1.81. The Balaban J connectivity index is 2.65. The largest absolute Gasteiger partial charge is 0.388 e. The van der Waals surface area contributed by atoms with Crippen LogP contribution in [0, 0.1) is 6.92 Å². The topological polar surface area (TPSA) is 49.3 Å². The molecule has 0 radical (unpaired) electrons. The lowest BCUT2D eigenvalue weighted by Gasteiger charge is -2.25. The van der Waals surface area contributed by atoms with E-state index in [0.29, 0.717) is 19.4 Å². The minimum absolute atomic E-state index is 0.0804. The molecule has 1 aromatic rings. The lowest BCUT2D eigenvalue weighted by Crippen LogP contribution is -2.41. The number of carbonyl (C=O) groups is 1. The SMILES string of the molecule is CCc1sc(C(=O)NCC(O)(CC)CC)cc1C. The number of nitrogens with one attached hydrogen (secondary N) is 1. The van der Waals surface area contributed by atoms with Crippen LogP contribution in [0.3, 0.4) is 0 Å². The zero-order valence-corrected chi connectivity index (χ0v) is 12.5. The summed E-state index contributed by atoms with van der Waals surface area (Å²) in [5.74, 6) is -0.0804. The number of amides is 1. The van der Waals surface area contributed by atoms with Crippen LogP contribution in [0.1, 0.15) is 53.7 Å². The van der Waals surface area contributed by atoms with Crippen molar-refractivity contribution in [1.29, 1.82) is 0 Å². The van der Waals surface area contributed by atoms with Crippen molar-refractivity contribution in [3.8, 4) is 0 Å². The van der Waals surface area contributed by atoms with Gasteiger partial charge >= 0.3 is 0 Å². The van der Waals surface area contributed by atoms with Crippen molar-refractivity contribution < 1.29 is 9.90 Å². The molecule has 1 heterocycles. The average molecular weight is 269 g/mol. The molecular weight excluding hydrogens is 246 g/mol. The minimum atomic E-state index is -0.782. The Morgan fingerprint density at radius 1 is 1.39 bits per heavy atom. The number of hydrogen-bond donors (Lipinski definition) is 2. The molecule has 1 aromatic heterocycles. The molecule has 0 aliphatic carbocycles. The van der Waals surface area contributed by atoms with Gasteiger partial charge in [0.2, 0.25) is 0 Å². The molecule has 1 rings (SSSR count). The van der Waals surface area contributed by atoms with Gasteiger partial charge in [-0.15, -0.1) is 11.3 Å². The molecule has 0 aliphatic heterocycles. The number of hydrogen-bond acceptors (Lipinski definition) is 3. The van der Waals surface area contributed by atoms with Crippen LogP contribution in [-0.2, 0) is 6.42 Å². The highest BCUT2D eigenvalue weighted by atomic mass is 32.1. The predicted molar refractivity (Wildman–Crippen MR) is 76.3 cm³/mol. The number of thiophene rings is 1. The molecule has 0 saturated heterocycles. The molecule has 0 fully saturated rings. The first-order chi connectivity index (χ1) is 8.45. The second kappa shape index (κ2) is 6.34. The van der Waals surface area contributed by atoms with E-state index in [1.54, 1.807) is 0 Å². The Labute approximate surface area is 113 Å². The lowest BCUT2D eigenvalue weighted by atomic mass is 9.98. The van der Waals surface area contributed by atoms with Gasteiger partial charge in [-0.2, -0.15) is 0 Å². The van der Waals surface area contributed by atoms with Gasteiger partial charge in [0.25, 0.3) is 5.91 Å². The van der Waals surface area contributed by atoms with Crippen LogP contribution in [0.15, 0.2) is 6.07 Å². The van der Waals surface area contributed by atoms with E-state index in [4.69, 9.17) is 0 Å². The summed E-state index contributed by atoms with van der Waals surface area (Å²) in [6.07, 6.45) is 2.25. The molecule has 102 valence electrons. The van der Waals surface area contributed by atoms with Gasteiger partial charge in [-0.25, -0.2) is 0 Å². The Kier molecular flexibility index (Phi) is 5.35. The smallest absolute Gasteiger partial charge is 0.261 e. The highest BCUT2D eigenvalue weighted by molar-refractivity contribution is 7.14. The van der Waals surface area contributed by atoms with Crippen LogP contribution < -0.4 is 5.32 Å². The molecule has 0 spiro atoms. The van der Waals surface area contributed by atoms with Crippen molar-refractivity contribution >= 4 is 17.2 Å². The van der Waals surface area contributed by atoms with Crippen molar-refractivity contribution in [3.05, 3.63) is 21.4 Å². The Morgan fingerprint density at radius 2 is 2.00 bits per heavy atom. The highest BCUT2D eigenvalue weighted by Gasteiger charge is 2.23. The molecule has 1 amide bonds. The zero-order chi connectivity index (χ0) is 13.8. The maximum atomic E-state index is 12.0. The maximum absolute atomic E-state index is 12.0. The van der Waals surface area contributed by atoms with Gasteiger partial charge in [0.15, 0.2) is 0 Å². The Bertz CT molecular complexity index is 408. The molecule has 4 heteroatoms. The van der Waals surface area contributed by atoms with Crippen molar-refractivity contribution in [1.82, 2.24) is 5.32 Å².